The molecule has 2 aromatic carbocycles. The van der Waals surface area contributed by atoms with Gasteiger partial charge in [0.2, 0.25) is 11.7 Å². The normalized spacial score (nSPS) is 17.1. The van der Waals surface area contributed by atoms with Crippen molar-refractivity contribution in [2.75, 3.05) is 24.8 Å². The van der Waals surface area contributed by atoms with E-state index < -0.39 is 18.0 Å². The first-order valence-electron chi connectivity index (χ1n) is 9.26. The Morgan fingerprint density at radius 2 is 1.90 bits per heavy atom. The Balaban J connectivity index is 1.62. The van der Waals surface area contributed by atoms with Crippen molar-refractivity contribution < 1.29 is 23.9 Å². The van der Waals surface area contributed by atoms with E-state index in [4.69, 9.17) is 9.47 Å². The fourth-order valence-corrected chi connectivity index (χ4v) is 3.66. The summed E-state index contributed by atoms with van der Waals surface area (Å²) in [7, 11) is 1.55. The fraction of sp³-hybridized carbons (Fsp3) is 0.318. The van der Waals surface area contributed by atoms with Crippen LogP contribution in [0.15, 0.2) is 53.4 Å². The zero-order valence-electron chi connectivity index (χ0n) is 16.6. The Kier molecular flexibility index (Phi) is 6.59. The van der Waals surface area contributed by atoms with Gasteiger partial charge in [-0.05, 0) is 55.6 Å². The van der Waals surface area contributed by atoms with E-state index in [1.165, 1.54) is 0 Å². The molecule has 1 amide bonds. The van der Waals surface area contributed by atoms with Gasteiger partial charge in [-0.25, -0.2) is 0 Å². The zero-order valence-corrected chi connectivity index (χ0v) is 17.4. The minimum atomic E-state index is -0.931. The molecule has 1 fully saturated rings. The average molecular weight is 413 g/mol. The number of rotatable bonds is 7. The summed E-state index contributed by atoms with van der Waals surface area (Å²) in [6.07, 6.45) is 1.11. The van der Waals surface area contributed by atoms with E-state index >= 15 is 0 Å². The second-order valence-corrected chi connectivity index (χ2v) is 7.66. The van der Waals surface area contributed by atoms with Crippen molar-refractivity contribution in [1.82, 2.24) is 0 Å². The summed E-state index contributed by atoms with van der Waals surface area (Å²) in [4.78, 5) is 40.1. The van der Waals surface area contributed by atoms with E-state index in [1.807, 2.05) is 30.5 Å². The highest BCUT2D eigenvalue weighted by atomic mass is 32.2. The number of hydrogen-bond acceptors (Lipinski definition) is 6. The van der Waals surface area contributed by atoms with Crippen LogP contribution < -0.4 is 9.64 Å². The summed E-state index contributed by atoms with van der Waals surface area (Å²) in [5, 5.41) is 0. The average Bonchev–Trinajstić information content (AvgIpc) is 3.15. The zero-order chi connectivity index (χ0) is 21.0. The van der Waals surface area contributed by atoms with Gasteiger partial charge in [-0.15, -0.1) is 11.8 Å². The molecule has 0 bridgehead atoms. The smallest absolute Gasteiger partial charge is 0.312 e. The van der Waals surface area contributed by atoms with Gasteiger partial charge in [-0.1, -0.05) is 6.07 Å². The van der Waals surface area contributed by atoms with Crippen LogP contribution in [-0.4, -0.2) is 43.7 Å². The number of thioether (sulfide) groups is 1. The van der Waals surface area contributed by atoms with Crippen molar-refractivity contribution in [3.63, 3.8) is 0 Å². The van der Waals surface area contributed by atoms with Crippen LogP contribution in [0.3, 0.4) is 0 Å². The molecule has 29 heavy (non-hydrogen) atoms. The standard InChI is InChI=1S/C22H23NO5S/c1-14(21(25)15-7-9-18(27-2)10-8-15)28-22(26)16-11-20(24)23(13-16)17-5-4-6-19(12-17)29-3/h4-10,12,14,16H,11,13H2,1-3H3/t14-,16+/m0/s1. The lowest BCUT2D eigenvalue weighted by atomic mass is 10.1. The highest BCUT2D eigenvalue weighted by molar-refractivity contribution is 7.98. The third kappa shape index (κ3) is 4.79. The number of carbonyl (C=O) groups is 3. The molecule has 0 aliphatic carbocycles. The monoisotopic (exact) mass is 413 g/mol. The molecule has 2 aromatic rings. The van der Waals surface area contributed by atoms with Crippen LogP contribution in [0.1, 0.15) is 23.7 Å². The predicted octanol–water partition coefficient (Wildman–Crippen LogP) is 3.58. The van der Waals surface area contributed by atoms with Crippen molar-refractivity contribution >= 4 is 35.1 Å². The van der Waals surface area contributed by atoms with E-state index in [0.717, 1.165) is 10.6 Å². The molecule has 0 saturated carbocycles. The van der Waals surface area contributed by atoms with Gasteiger partial charge in [-0.2, -0.15) is 0 Å². The third-order valence-corrected chi connectivity index (χ3v) is 5.59. The number of nitrogens with zero attached hydrogens (tertiary/aromatic N) is 1. The summed E-state index contributed by atoms with van der Waals surface area (Å²) in [5.74, 6) is -0.904. The molecule has 1 saturated heterocycles. The quantitative estimate of drug-likeness (QED) is 0.392. The minimum Gasteiger partial charge on any atom is -0.497 e. The summed E-state index contributed by atoms with van der Waals surface area (Å²) >= 11 is 1.59. The first kappa shape index (κ1) is 20.9. The molecule has 152 valence electrons. The number of benzene rings is 2. The molecule has 7 heteroatoms. The van der Waals surface area contributed by atoms with Gasteiger partial charge in [0.25, 0.3) is 0 Å². The summed E-state index contributed by atoms with van der Waals surface area (Å²) in [6, 6.07) is 14.2. The van der Waals surface area contributed by atoms with Crippen LogP contribution in [0.2, 0.25) is 0 Å². The number of methoxy groups -OCH3 is 1. The molecule has 0 N–H and O–H groups in total. The van der Waals surface area contributed by atoms with Crippen molar-refractivity contribution in [3.8, 4) is 5.75 Å². The molecule has 6 nitrogen and oxygen atoms in total. The van der Waals surface area contributed by atoms with Crippen molar-refractivity contribution in [2.45, 2.75) is 24.3 Å². The van der Waals surface area contributed by atoms with Gasteiger partial charge in [0, 0.05) is 29.1 Å². The lowest BCUT2D eigenvalue weighted by Crippen LogP contribution is -2.30. The van der Waals surface area contributed by atoms with Crippen LogP contribution >= 0.6 is 11.8 Å². The molecule has 1 aliphatic rings. The lowest BCUT2D eigenvalue weighted by Gasteiger charge is -2.18. The van der Waals surface area contributed by atoms with E-state index in [2.05, 4.69) is 0 Å². The molecule has 0 spiro atoms. The second-order valence-electron chi connectivity index (χ2n) is 6.78. The number of carbonyl (C=O) groups excluding carboxylic acids is 3. The van der Waals surface area contributed by atoms with E-state index in [9.17, 15) is 14.4 Å². The van der Waals surface area contributed by atoms with Crippen LogP contribution in [0.4, 0.5) is 5.69 Å². The van der Waals surface area contributed by atoms with Crippen LogP contribution in [0.25, 0.3) is 0 Å². The molecular weight excluding hydrogens is 390 g/mol. The topological polar surface area (TPSA) is 72.9 Å². The molecule has 1 aliphatic heterocycles. The van der Waals surface area contributed by atoms with Crippen LogP contribution in [0, 0.1) is 5.92 Å². The van der Waals surface area contributed by atoms with E-state index in [-0.39, 0.29) is 24.7 Å². The Morgan fingerprint density at radius 3 is 2.55 bits per heavy atom. The number of Topliss-reactive ketones (excluding diaryl/α,β-unsaturated/α-hetero) is 1. The Labute approximate surface area is 174 Å². The van der Waals surface area contributed by atoms with Gasteiger partial charge >= 0.3 is 5.97 Å². The maximum atomic E-state index is 12.6. The SMILES string of the molecule is COc1ccc(C(=O)[C@H](C)OC(=O)[C@@H]2CC(=O)N(c3cccc(SC)c3)C2)cc1. The number of amides is 1. The van der Waals surface area contributed by atoms with Crippen molar-refractivity contribution in [3.05, 3.63) is 54.1 Å². The highest BCUT2D eigenvalue weighted by Gasteiger charge is 2.37. The highest BCUT2D eigenvalue weighted by Crippen LogP contribution is 2.29. The number of ketones is 1. The molecule has 0 radical (unpaired) electrons. The summed E-state index contributed by atoms with van der Waals surface area (Å²) in [6.45, 7) is 1.79. The number of esters is 1. The molecule has 0 aromatic heterocycles. The van der Waals surface area contributed by atoms with E-state index in [0.29, 0.717) is 11.3 Å². The van der Waals surface area contributed by atoms with Crippen molar-refractivity contribution in [2.24, 2.45) is 5.92 Å². The van der Waals surface area contributed by atoms with Crippen LogP contribution in [-0.2, 0) is 14.3 Å². The second kappa shape index (κ2) is 9.13. The Morgan fingerprint density at radius 1 is 1.17 bits per heavy atom. The summed E-state index contributed by atoms with van der Waals surface area (Å²) in [5.41, 5.74) is 1.20. The molecule has 2 atom stereocenters. The first-order chi connectivity index (χ1) is 13.9. The maximum Gasteiger partial charge on any atom is 0.312 e. The number of anilines is 1. The molecule has 1 heterocycles. The van der Waals surface area contributed by atoms with Gasteiger partial charge in [0.15, 0.2) is 6.10 Å². The van der Waals surface area contributed by atoms with Crippen LogP contribution in [0.5, 0.6) is 5.75 Å². The maximum absolute atomic E-state index is 12.6. The minimum absolute atomic E-state index is 0.0752. The number of hydrogen-bond donors (Lipinski definition) is 0. The van der Waals surface area contributed by atoms with Crippen molar-refractivity contribution in [1.29, 1.82) is 0 Å². The molecule has 3 rings (SSSR count). The lowest BCUT2D eigenvalue weighted by molar-refractivity contribution is -0.151. The largest absolute Gasteiger partial charge is 0.497 e. The predicted molar refractivity (Wildman–Crippen MR) is 112 cm³/mol. The number of ether oxygens (including phenoxy) is 2. The van der Waals surface area contributed by atoms with Gasteiger partial charge in [0.05, 0.1) is 13.0 Å². The third-order valence-electron chi connectivity index (χ3n) is 4.86. The van der Waals surface area contributed by atoms with E-state index in [1.54, 1.807) is 55.0 Å². The molecule has 0 unspecified atom stereocenters. The van der Waals surface area contributed by atoms with Gasteiger partial charge in [-0.3, -0.25) is 14.4 Å². The van der Waals surface area contributed by atoms with Gasteiger partial charge in [0.1, 0.15) is 5.75 Å². The first-order valence-corrected chi connectivity index (χ1v) is 10.5. The Bertz CT molecular complexity index is 912. The molecular formula is C22H23NO5S. The van der Waals surface area contributed by atoms with Gasteiger partial charge < -0.3 is 14.4 Å². The summed E-state index contributed by atoms with van der Waals surface area (Å²) < 4.78 is 10.5. The fourth-order valence-electron chi connectivity index (χ4n) is 3.21. The Hall–Kier alpha value is -2.80.